The predicted octanol–water partition coefficient (Wildman–Crippen LogP) is 3.78. The monoisotopic (exact) mass is 450 g/mol. The number of hydrogen-bond donors (Lipinski definition) is 2. The zero-order valence-electron chi connectivity index (χ0n) is 15.2. The number of ether oxygens (including phenoxy) is 1. The minimum atomic E-state index is -4.87. The first-order valence-electron chi connectivity index (χ1n) is 8.36. The number of alkyl halides is 3. The normalized spacial score (nSPS) is 13.0. The molecule has 0 spiro atoms. The molecule has 6 nitrogen and oxygen atoms in total. The van der Waals surface area contributed by atoms with Crippen LogP contribution in [0.25, 0.3) is 0 Å². The zero-order chi connectivity index (χ0) is 21.7. The first-order valence-corrected chi connectivity index (χ1v) is 10.2. The van der Waals surface area contributed by atoms with Crippen LogP contribution < -0.4 is 14.8 Å². The van der Waals surface area contributed by atoms with E-state index in [1.807, 2.05) is 0 Å². The molecule has 2 rings (SSSR count). The lowest BCUT2D eigenvalue weighted by molar-refractivity contribution is -0.274. The van der Waals surface area contributed by atoms with Gasteiger partial charge in [0, 0.05) is 18.0 Å². The van der Waals surface area contributed by atoms with Gasteiger partial charge in [-0.3, -0.25) is 4.79 Å². The molecule has 0 fully saturated rings. The molecule has 0 saturated heterocycles. The molecule has 0 saturated carbocycles. The maximum absolute atomic E-state index is 12.2. The van der Waals surface area contributed by atoms with E-state index in [1.165, 1.54) is 0 Å². The number of amides is 1. The van der Waals surface area contributed by atoms with Gasteiger partial charge in [-0.2, -0.15) is 0 Å². The third-order valence-corrected chi connectivity index (χ3v) is 5.49. The molecular formula is C18H18ClF3N2O4S. The number of rotatable bonds is 8. The van der Waals surface area contributed by atoms with Crippen molar-refractivity contribution in [2.24, 2.45) is 0 Å². The molecule has 2 N–H and O–H groups in total. The van der Waals surface area contributed by atoms with Gasteiger partial charge in [-0.1, -0.05) is 23.7 Å². The lowest BCUT2D eigenvalue weighted by atomic mass is 10.1. The summed E-state index contributed by atoms with van der Waals surface area (Å²) >= 11 is 5.81. The van der Waals surface area contributed by atoms with E-state index in [4.69, 9.17) is 11.6 Å². The molecule has 1 amide bonds. The summed E-state index contributed by atoms with van der Waals surface area (Å²) in [5.74, 6) is -0.906. The van der Waals surface area contributed by atoms with Crippen LogP contribution in [-0.4, -0.2) is 27.2 Å². The fraction of sp³-hybridized carbons (Fsp3) is 0.278. The van der Waals surface area contributed by atoms with Gasteiger partial charge in [0.25, 0.3) is 0 Å². The number of benzene rings is 2. The number of carbonyl (C=O) groups is 1. The molecule has 1 atom stereocenters. The molecule has 1 unspecified atom stereocenters. The Bertz CT molecular complexity index is 933. The highest BCUT2D eigenvalue weighted by Crippen LogP contribution is 2.23. The van der Waals surface area contributed by atoms with Crippen LogP contribution in [0.3, 0.4) is 0 Å². The number of hydrogen-bond acceptors (Lipinski definition) is 4. The quantitative estimate of drug-likeness (QED) is 0.641. The van der Waals surface area contributed by atoms with E-state index in [9.17, 15) is 26.4 Å². The number of carbonyl (C=O) groups excluding carboxylic acids is 1. The number of nitrogens with one attached hydrogen (secondary N) is 2. The Kier molecular flexibility index (Phi) is 7.50. The lowest BCUT2D eigenvalue weighted by Crippen LogP contribution is -2.32. The van der Waals surface area contributed by atoms with Crippen LogP contribution in [0.15, 0.2) is 53.4 Å². The molecule has 0 aromatic heterocycles. The van der Waals surface area contributed by atoms with Crippen molar-refractivity contribution in [3.8, 4) is 5.75 Å². The molecule has 0 aliphatic heterocycles. The van der Waals surface area contributed by atoms with E-state index in [2.05, 4.69) is 14.8 Å². The Morgan fingerprint density at radius 2 is 1.69 bits per heavy atom. The Hall–Kier alpha value is -2.30. The topological polar surface area (TPSA) is 84.5 Å². The summed E-state index contributed by atoms with van der Waals surface area (Å²) in [6, 6.07) is 10.4. The van der Waals surface area contributed by atoms with Gasteiger partial charge in [0.1, 0.15) is 5.75 Å². The molecular weight excluding hydrogens is 433 g/mol. The minimum Gasteiger partial charge on any atom is -0.406 e. The van der Waals surface area contributed by atoms with Crippen molar-refractivity contribution < 1.29 is 31.1 Å². The van der Waals surface area contributed by atoms with Crippen LogP contribution in [-0.2, 0) is 14.8 Å². The molecule has 0 radical (unpaired) electrons. The third-order valence-electron chi connectivity index (χ3n) is 3.76. The van der Waals surface area contributed by atoms with Crippen molar-refractivity contribution in [2.75, 3.05) is 6.54 Å². The van der Waals surface area contributed by atoms with Gasteiger partial charge in [-0.25, -0.2) is 13.1 Å². The van der Waals surface area contributed by atoms with Gasteiger partial charge in [0.05, 0.1) is 10.9 Å². The summed E-state index contributed by atoms with van der Waals surface area (Å²) in [4.78, 5) is 11.8. The van der Waals surface area contributed by atoms with Crippen molar-refractivity contribution >= 4 is 27.5 Å². The third kappa shape index (κ3) is 7.56. The molecule has 2 aromatic rings. The van der Waals surface area contributed by atoms with E-state index in [-0.39, 0.29) is 29.8 Å². The molecule has 0 aliphatic carbocycles. The lowest BCUT2D eigenvalue weighted by Gasteiger charge is -2.15. The van der Waals surface area contributed by atoms with Gasteiger partial charge >= 0.3 is 6.36 Å². The van der Waals surface area contributed by atoms with Crippen molar-refractivity contribution in [1.82, 2.24) is 10.0 Å². The van der Waals surface area contributed by atoms with Gasteiger partial charge < -0.3 is 10.1 Å². The highest BCUT2D eigenvalue weighted by atomic mass is 35.5. The van der Waals surface area contributed by atoms with Crippen LogP contribution in [0.2, 0.25) is 5.02 Å². The van der Waals surface area contributed by atoms with E-state index in [0.717, 1.165) is 29.8 Å². The van der Waals surface area contributed by atoms with Crippen LogP contribution in [0, 0.1) is 0 Å². The molecule has 158 valence electrons. The standard InChI is InChI=1S/C18H18ClF3N2O4S/c1-12(13-2-4-14(19)5-3-13)24-17(25)10-11-23-29(26,27)16-8-6-15(7-9-16)28-18(20,21)22/h2-9,12,23H,10-11H2,1H3,(H,24,25). The predicted molar refractivity (Wildman–Crippen MR) is 101 cm³/mol. The van der Waals surface area contributed by atoms with Gasteiger partial charge in [0.2, 0.25) is 15.9 Å². The minimum absolute atomic E-state index is 0.119. The second-order valence-electron chi connectivity index (χ2n) is 6.01. The van der Waals surface area contributed by atoms with E-state index < -0.39 is 22.1 Å². The van der Waals surface area contributed by atoms with Crippen molar-refractivity contribution in [1.29, 1.82) is 0 Å². The summed E-state index contributed by atoms with van der Waals surface area (Å²) < 4.78 is 66.7. The summed E-state index contributed by atoms with van der Waals surface area (Å²) in [5, 5.41) is 3.30. The van der Waals surface area contributed by atoms with Crippen LogP contribution >= 0.6 is 11.6 Å². The van der Waals surface area contributed by atoms with E-state index in [0.29, 0.717) is 5.02 Å². The van der Waals surface area contributed by atoms with Gasteiger partial charge in [0.15, 0.2) is 0 Å². The van der Waals surface area contributed by atoms with Gasteiger partial charge in [-0.15, -0.1) is 13.2 Å². The largest absolute Gasteiger partial charge is 0.573 e. The van der Waals surface area contributed by atoms with Crippen molar-refractivity contribution in [3.63, 3.8) is 0 Å². The highest BCUT2D eigenvalue weighted by Gasteiger charge is 2.31. The molecule has 0 heterocycles. The van der Waals surface area contributed by atoms with Crippen molar-refractivity contribution in [3.05, 3.63) is 59.1 Å². The first kappa shape index (κ1) is 23.0. The summed E-state index contributed by atoms with van der Waals surface area (Å²) in [6.07, 6.45) is -4.98. The SMILES string of the molecule is CC(NC(=O)CCNS(=O)(=O)c1ccc(OC(F)(F)F)cc1)c1ccc(Cl)cc1. The molecule has 0 bridgehead atoms. The average molecular weight is 451 g/mol. The second kappa shape index (κ2) is 9.47. The maximum Gasteiger partial charge on any atom is 0.573 e. The maximum atomic E-state index is 12.2. The summed E-state index contributed by atoms with van der Waals surface area (Å²) in [7, 11) is -3.98. The Balaban J connectivity index is 1.85. The Morgan fingerprint density at radius 3 is 2.24 bits per heavy atom. The van der Waals surface area contributed by atoms with Crippen molar-refractivity contribution in [2.45, 2.75) is 30.6 Å². The van der Waals surface area contributed by atoms with Crippen LogP contribution in [0.4, 0.5) is 13.2 Å². The Morgan fingerprint density at radius 1 is 1.10 bits per heavy atom. The smallest absolute Gasteiger partial charge is 0.406 e. The fourth-order valence-corrected chi connectivity index (χ4v) is 3.51. The molecule has 0 aliphatic rings. The number of sulfonamides is 1. The van der Waals surface area contributed by atoms with E-state index in [1.54, 1.807) is 31.2 Å². The molecule has 2 aromatic carbocycles. The van der Waals surface area contributed by atoms with Crippen LogP contribution in [0.1, 0.15) is 24.9 Å². The molecule has 11 heteroatoms. The fourth-order valence-electron chi connectivity index (χ4n) is 2.35. The summed E-state index contributed by atoms with van der Waals surface area (Å²) in [5.41, 5.74) is 0.837. The Labute approximate surface area is 171 Å². The summed E-state index contributed by atoms with van der Waals surface area (Å²) in [6.45, 7) is 1.60. The number of halogens is 4. The van der Waals surface area contributed by atoms with Crippen LogP contribution in [0.5, 0.6) is 5.75 Å². The molecule has 29 heavy (non-hydrogen) atoms. The first-order chi connectivity index (χ1) is 13.5. The zero-order valence-corrected chi connectivity index (χ0v) is 16.7. The van der Waals surface area contributed by atoms with E-state index >= 15 is 0 Å². The highest BCUT2D eigenvalue weighted by molar-refractivity contribution is 7.89. The second-order valence-corrected chi connectivity index (χ2v) is 8.21. The van der Waals surface area contributed by atoms with Gasteiger partial charge in [-0.05, 0) is 48.9 Å². The average Bonchev–Trinajstić information content (AvgIpc) is 2.61.